The number of unbranched alkanes of at least 4 members (excludes halogenated alkanes) is 4. The second-order valence-electron chi connectivity index (χ2n) is 13.1. The predicted octanol–water partition coefficient (Wildman–Crippen LogP) is 13.4. The minimum atomic E-state index is -0.841. The third-order valence-electron chi connectivity index (χ3n) is 7.96. The summed E-state index contributed by atoms with van der Waals surface area (Å²) in [5.74, 6) is -1.12. The van der Waals surface area contributed by atoms with Crippen LogP contribution >= 0.6 is 0 Å². The predicted molar refractivity (Wildman–Crippen MR) is 233 cm³/mol. The Morgan fingerprint density at radius 2 is 0.673 bits per heavy atom. The van der Waals surface area contributed by atoms with E-state index in [1.807, 2.05) is 12.2 Å². The van der Waals surface area contributed by atoms with E-state index in [-0.39, 0.29) is 50.4 Å². The van der Waals surface area contributed by atoms with Gasteiger partial charge in [0.2, 0.25) is 0 Å². The topological polar surface area (TPSA) is 78.9 Å². The fourth-order valence-corrected chi connectivity index (χ4v) is 4.89. The van der Waals surface area contributed by atoms with Gasteiger partial charge in [-0.3, -0.25) is 14.4 Å². The van der Waals surface area contributed by atoms with Crippen LogP contribution in [0.5, 0.6) is 0 Å². The standard InChI is InChI=1S/C49H74O6/c1-4-7-10-13-16-19-21-23-24-25-26-28-30-33-36-39-42-48(51)54-45-46(44-53-47(50)41-38-35-32-29-18-15-12-9-6-3)55-49(52)43-40-37-34-31-27-22-20-17-14-11-8-5-2/h7-12,16-20,23-24,26-29,31,33,36,46H,4-6,13-15,21-22,25,30,32,34-35,37-45H2,1-3H3/b10-7-,11-8-,12-9-,19-16-,20-17-,24-23-,28-26-,29-18-,31-27-,36-33-. The molecule has 306 valence electrons. The summed E-state index contributed by atoms with van der Waals surface area (Å²) in [6, 6.07) is 0. The van der Waals surface area contributed by atoms with Crippen LogP contribution in [0.1, 0.15) is 149 Å². The largest absolute Gasteiger partial charge is 0.462 e. The highest BCUT2D eigenvalue weighted by atomic mass is 16.6. The molecule has 0 heterocycles. The van der Waals surface area contributed by atoms with Crippen LogP contribution in [0.2, 0.25) is 0 Å². The molecule has 0 saturated heterocycles. The molecule has 0 radical (unpaired) electrons. The molecule has 1 unspecified atom stereocenters. The molecule has 0 spiro atoms. The molecule has 1 atom stereocenters. The molecule has 0 amide bonds. The smallest absolute Gasteiger partial charge is 0.306 e. The maximum absolute atomic E-state index is 12.6. The molecular formula is C49H74O6. The van der Waals surface area contributed by atoms with Crippen LogP contribution in [0, 0.1) is 0 Å². The molecule has 0 fully saturated rings. The van der Waals surface area contributed by atoms with Crippen LogP contribution in [0.3, 0.4) is 0 Å². The van der Waals surface area contributed by atoms with Crippen molar-refractivity contribution in [1.29, 1.82) is 0 Å². The van der Waals surface area contributed by atoms with Crippen LogP contribution in [0.25, 0.3) is 0 Å². The lowest BCUT2D eigenvalue weighted by Gasteiger charge is -2.18. The maximum atomic E-state index is 12.6. The summed E-state index contributed by atoms with van der Waals surface area (Å²) >= 11 is 0. The van der Waals surface area contributed by atoms with Gasteiger partial charge in [0.1, 0.15) is 13.2 Å². The van der Waals surface area contributed by atoms with Crippen molar-refractivity contribution >= 4 is 17.9 Å². The lowest BCUT2D eigenvalue weighted by atomic mass is 10.2. The summed E-state index contributed by atoms with van der Waals surface area (Å²) in [6.07, 6.45) is 57.8. The zero-order chi connectivity index (χ0) is 40.1. The van der Waals surface area contributed by atoms with Gasteiger partial charge in [-0.25, -0.2) is 0 Å². The van der Waals surface area contributed by atoms with Crippen molar-refractivity contribution in [2.24, 2.45) is 0 Å². The minimum Gasteiger partial charge on any atom is -0.462 e. The Hall–Kier alpha value is -4.19. The first kappa shape index (κ1) is 50.8. The summed E-state index contributed by atoms with van der Waals surface area (Å²) in [5.41, 5.74) is 0. The number of hydrogen-bond acceptors (Lipinski definition) is 6. The van der Waals surface area contributed by atoms with E-state index >= 15 is 0 Å². The van der Waals surface area contributed by atoms with Gasteiger partial charge in [-0.2, -0.15) is 0 Å². The SMILES string of the molecule is CC/C=C\C/C=C\C/C=C\C/C=C\C/C=C\CCC(=O)OCC(COC(=O)CCCC/C=C\C/C=C\CC)OC(=O)CCCC/C=C\C/C=C\C/C=C\CC. The molecule has 0 bridgehead atoms. The molecule has 6 nitrogen and oxygen atoms in total. The zero-order valence-corrected chi connectivity index (χ0v) is 34.6. The average molecular weight is 759 g/mol. The van der Waals surface area contributed by atoms with Crippen molar-refractivity contribution < 1.29 is 28.6 Å². The second kappa shape index (κ2) is 42.6. The van der Waals surface area contributed by atoms with Gasteiger partial charge >= 0.3 is 17.9 Å². The molecule has 6 heteroatoms. The van der Waals surface area contributed by atoms with E-state index in [1.165, 1.54) is 0 Å². The van der Waals surface area contributed by atoms with E-state index in [4.69, 9.17) is 14.2 Å². The first-order valence-electron chi connectivity index (χ1n) is 21.0. The Kier molecular flexibility index (Phi) is 39.3. The molecular weight excluding hydrogens is 685 g/mol. The number of hydrogen-bond donors (Lipinski definition) is 0. The second-order valence-corrected chi connectivity index (χ2v) is 13.1. The number of ether oxygens (including phenoxy) is 3. The Labute approximate surface area is 335 Å². The van der Waals surface area contributed by atoms with Crippen molar-refractivity contribution in [3.8, 4) is 0 Å². The highest BCUT2D eigenvalue weighted by molar-refractivity contribution is 5.71. The maximum Gasteiger partial charge on any atom is 0.306 e. The molecule has 55 heavy (non-hydrogen) atoms. The van der Waals surface area contributed by atoms with Gasteiger partial charge in [-0.05, 0) is 109 Å². The van der Waals surface area contributed by atoms with Crippen molar-refractivity contribution in [2.45, 2.75) is 155 Å². The molecule has 0 rings (SSSR count). The van der Waals surface area contributed by atoms with Crippen LogP contribution in [0.4, 0.5) is 0 Å². The van der Waals surface area contributed by atoms with E-state index in [1.54, 1.807) is 0 Å². The fourth-order valence-electron chi connectivity index (χ4n) is 4.89. The van der Waals surface area contributed by atoms with E-state index < -0.39 is 6.10 Å². The lowest BCUT2D eigenvalue weighted by Crippen LogP contribution is -2.30. The normalized spacial score (nSPS) is 13.3. The van der Waals surface area contributed by atoms with Crippen molar-refractivity contribution in [3.63, 3.8) is 0 Å². The van der Waals surface area contributed by atoms with Crippen LogP contribution in [-0.4, -0.2) is 37.2 Å². The van der Waals surface area contributed by atoms with Gasteiger partial charge in [0.15, 0.2) is 6.10 Å². The van der Waals surface area contributed by atoms with Gasteiger partial charge in [0, 0.05) is 19.3 Å². The molecule has 0 aromatic heterocycles. The summed E-state index contributed by atoms with van der Waals surface area (Å²) in [5, 5.41) is 0. The molecule has 0 aromatic carbocycles. The van der Waals surface area contributed by atoms with Gasteiger partial charge in [-0.1, -0.05) is 142 Å². The first-order chi connectivity index (χ1) is 27.0. The number of allylic oxidation sites excluding steroid dienone is 20. The summed E-state index contributed by atoms with van der Waals surface area (Å²) in [7, 11) is 0. The van der Waals surface area contributed by atoms with E-state index in [2.05, 4.69) is 130 Å². The van der Waals surface area contributed by atoms with E-state index in [9.17, 15) is 14.4 Å². The Morgan fingerprint density at radius 3 is 1.05 bits per heavy atom. The number of esters is 3. The Morgan fingerprint density at radius 1 is 0.364 bits per heavy atom. The lowest BCUT2D eigenvalue weighted by molar-refractivity contribution is -0.166. The quantitative estimate of drug-likeness (QED) is 0.0277. The molecule has 0 saturated carbocycles. The third kappa shape index (κ3) is 40.8. The fraction of sp³-hybridized carbons (Fsp3) is 0.531. The van der Waals surface area contributed by atoms with E-state index in [0.29, 0.717) is 19.3 Å². The molecule has 0 aliphatic heterocycles. The molecule has 0 N–H and O–H groups in total. The molecule has 0 aliphatic rings. The Balaban J connectivity index is 4.60. The minimum absolute atomic E-state index is 0.138. The highest BCUT2D eigenvalue weighted by Crippen LogP contribution is 2.09. The van der Waals surface area contributed by atoms with Crippen molar-refractivity contribution in [2.75, 3.05) is 13.2 Å². The van der Waals surface area contributed by atoms with Crippen LogP contribution in [0.15, 0.2) is 122 Å². The summed E-state index contributed by atoms with van der Waals surface area (Å²) < 4.78 is 16.5. The van der Waals surface area contributed by atoms with Gasteiger partial charge < -0.3 is 14.2 Å². The number of carbonyl (C=O) groups is 3. The summed E-state index contributed by atoms with van der Waals surface area (Å²) in [6.45, 7) is 6.10. The van der Waals surface area contributed by atoms with Crippen LogP contribution < -0.4 is 0 Å². The van der Waals surface area contributed by atoms with Gasteiger partial charge in [0.25, 0.3) is 0 Å². The van der Waals surface area contributed by atoms with Crippen molar-refractivity contribution in [3.05, 3.63) is 122 Å². The van der Waals surface area contributed by atoms with E-state index in [0.717, 1.165) is 89.9 Å². The average Bonchev–Trinajstić information content (AvgIpc) is 3.18. The zero-order valence-electron chi connectivity index (χ0n) is 34.6. The molecule has 0 aromatic rings. The van der Waals surface area contributed by atoms with Crippen LogP contribution in [-0.2, 0) is 28.6 Å². The molecule has 0 aliphatic carbocycles. The van der Waals surface area contributed by atoms with Crippen molar-refractivity contribution in [1.82, 2.24) is 0 Å². The third-order valence-corrected chi connectivity index (χ3v) is 7.96. The summed E-state index contributed by atoms with van der Waals surface area (Å²) in [4.78, 5) is 37.5. The first-order valence-corrected chi connectivity index (χ1v) is 21.0. The monoisotopic (exact) mass is 759 g/mol. The van der Waals surface area contributed by atoms with Gasteiger partial charge in [0.05, 0.1) is 0 Å². The number of carbonyl (C=O) groups excluding carboxylic acids is 3. The highest BCUT2D eigenvalue weighted by Gasteiger charge is 2.19. The number of rotatable bonds is 35. The van der Waals surface area contributed by atoms with Gasteiger partial charge in [-0.15, -0.1) is 0 Å². The Bertz CT molecular complexity index is 1240.